The van der Waals surface area contributed by atoms with Gasteiger partial charge in [-0.2, -0.15) is 0 Å². The lowest BCUT2D eigenvalue weighted by atomic mass is 10.1. The normalized spacial score (nSPS) is 10.8. The maximum atomic E-state index is 11.7. The van der Waals surface area contributed by atoms with Crippen LogP contribution >= 0.6 is 0 Å². The highest BCUT2D eigenvalue weighted by atomic mass is 16.5. The lowest BCUT2D eigenvalue weighted by Gasteiger charge is -2.21. The first-order valence-electron chi connectivity index (χ1n) is 10.1. The Bertz CT molecular complexity index is 957. The maximum absolute atomic E-state index is 11.7. The molecule has 5 nitrogen and oxygen atoms in total. The molecule has 3 aromatic rings. The smallest absolute Gasteiger partial charge is 0.407 e. The molecule has 2 aromatic carbocycles. The van der Waals surface area contributed by atoms with E-state index in [0.717, 1.165) is 52.7 Å². The molecule has 0 atom stereocenters. The molecule has 0 radical (unpaired) electrons. The van der Waals surface area contributed by atoms with Crippen LogP contribution in [-0.2, 0) is 13.2 Å². The Labute approximate surface area is 172 Å². The van der Waals surface area contributed by atoms with Crippen molar-refractivity contribution >= 4 is 17.0 Å². The number of amides is 1. The number of carboxylic acid groups (broad SMARTS) is 1. The molecule has 0 bridgehead atoms. The molecule has 0 saturated carbocycles. The van der Waals surface area contributed by atoms with Gasteiger partial charge in [0.1, 0.15) is 12.4 Å². The first-order chi connectivity index (χ1) is 14.1. The molecule has 5 heteroatoms. The molecule has 0 unspecified atom stereocenters. The van der Waals surface area contributed by atoms with Crippen molar-refractivity contribution in [3.05, 3.63) is 71.4 Å². The van der Waals surface area contributed by atoms with Crippen LogP contribution in [0.15, 0.2) is 54.6 Å². The lowest BCUT2D eigenvalue weighted by molar-refractivity contribution is 0.140. The summed E-state index contributed by atoms with van der Waals surface area (Å²) in [5, 5.41) is 10.6. The van der Waals surface area contributed by atoms with Gasteiger partial charge in [0, 0.05) is 17.5 Å². The molecule has 0 aliphatic carbocycles. The number of nitrogens with zero attached hydrogens (tertiary/aromatic N) is 2. The Balaban J connectivity index is 1.91. The van der Waals surface area contributed by atoms with Crippen LogP contribution in [0.3, 0.4) is 0 Å². The fourth-order valence-corrected chi connectivity index (χ4v) is 3.37. The lowest BCUT2D eigenvalue weighted by Crippen LogP contribution is -2.30. The van der Waals surface area contributed by atoms with Crippen molar-refractivity contribution in [1.29, 1.82) is 0 Å². The van der Waals surface area contributed by atoms with Gasteiger partial charge in [0.25, 0.3) is 0 Å². The van der Waals surface area contributed by atoms with Gasteiger partial charge in [0.15, 0.2) is 0 Å². The van der Waals surface area contributed by atoms with E-state index in [9.17, 15) is 9.90 Å². The second kappa shape index (κ2) is 9.92. The van der Waals surface area contributed by atoms with Gasteiger partial charge in [-0.15, -0.1) is 0 Å². The number of pyridine rings is 1. The van der Waals surface area contributed by atoms with Crippen molar-refractivity contribution in [2.75, 3.05) is 6.54 Å². The first kappa shape index (κ1) is 20.6. The highest BCUT2D eigenvalue weighted by molar-refractivity contribution is 5.86. The molecule has 0 fully saturated rings. The van der Waals surface area contributed by atoms with Gasteiger partial charge in [-0.3, -0.25) is 4.98 Å². The largest absolute Gasteiger partial charge is 0.488 e. The van der Waals surface area contributed by atoms with Gasteiger partial charge < -0.3 is 14.7 Å². The van der Waals surface area contributed by atoms with Gasteiger partial charge in [-0.25, -0.2) is 4.79 Å². The maximum Gasteiger partial charge on any atom is 0.407 e. The third-order valence-electron chi connectivity index (χ3n) is 5.05. The van der Waals surface area contributed by atoms with E-state index >= 15 is 0 Å². The van der Waals surface area contributed by atoms with E-state index in [0.29, 0.717) is 13.2 Å². The Morgan fingerprint density at radius 1 is 1.07 bits per heavy atom. The Hall–Kier alpha value is -3.08. The number of rotatable bonds is 9. The molecule has 1 amide bonds. The summed E-state index contributed by atoms with van der Waals surface area (Å²) in [6.07, 6.45) is 2.01. The zero-order chi connectivity index (χ0) is 20.6. The van der Waals surface area contributed by atoms with Crippen molar-refractivity contribution in [2.45, 2.75) is 46.3 Å². The number of benzene rings is 2. The standard InChI is InChI=1S/C24H28N2O3/c1-3-4-10-15-26(24(27)28)16-22-18(2)23(20-13-8-9-14-21(20)25-22)29-17-19-11-6-5-7-12-19/h5-9,11-14H,3-4,10,15-17H2,1-2H3,(H,27,28). The topological polar surface area (TPSA) is 62.7 Å². The van der Waals surface area contributed by atoms with Gasteiger partial charge in [-0.1, -0.05) is 62.2 Å². The molecule has 1 N–H and O–H groups in total. The molecule has 3 rings (SSSR count). The second-order valence-electron chi connectivity index (χ2n) is 7.22. The van der Waals surface area contributed by atoms with Crippen LogP contribution in [0.25, 0.3) is 10.9 Å². The fourth-order valence-electron chi connectivity index (χ4n) is 3.37. The van der Waals surface area contributed by atoms with Crippen LogP contribution in [0, 0.1) is 6.92 Å². The Morgan fingerprint density at radius 2 is 1.79 bits per heavy atom. The van der Waals surface area contributed by atoms with E-state index in [2.05, 4.69) is 6.92 Å². The number of hydrogen-bond donors (Lipinski definition) is 1. The molecule has 1 aromatic heterocycles. The van der Waals surface area contributed by atoms with Crippen LogP contribution in [0.4, 0.5) is 4.79 Å². The number of unbranched alkanes of at least 4 members (excludes halogenated alkanes) is 2. The van der Waals surface area contributed by atoms with Gasteiger partial charge in [0.05, 0.1) is 17.8 Å². The average Bonchev–Trinajstić information content (AvgIpc) is 2.73. The predicted molar refractivity (Wildman–Crippen MR) is 115 cm³/mol. The van der Waals surface area contributed by atoms with Crippen molar-refractivity contribution < 1.29 is 14.6 Å². The molecular formula is C24H28N2O3. The minimum atomic E-state index is -0.915. The summed E-state index contributed by atoms with van der Waals surface area (Å²) < 4.78 is 6.21. The third-order valence-corrected chi connectivity index (χ3v) is 5.05. The molecule has 0 saturated heterocycles. The monoisotopic (exact) mass is 392 g/mol. The number of carbonyl (C=O) groups is 1. The van der Waals surface area contributed by atoms with E-state index in [-0.39, 0.29) is 6.54 Å². The number of fused-ring (bicyclic) bond motifs is 1. The van der Waals surface area contributed by atoms with E-state index in [1.54, 1.807) is 0 Å². The third kappa shape index (κ3) is 5.25. The SMILES string of the molecule is CCCCCN(Cc1nc2ccccc2c(OCc2ccccc2)c1C)C(=O)O. The Kier molecular flexibility index (Phi) is 7.06. The van der Waals surface area contributed by atoms with Gasteiger partial charge >= 0.3 is 6.09 Å². The second-order valence-corrected chi connectivity index (χ2v) is 7.22. The van der Waals surface area contributed by atoms with Crippen LogP contribution in [0.5, 0.6) is 5.75 Å². The quantitative estimate of drug-likeness (QED) is 0.468. The summed E-state index contributed by atoms with van der Waals surface area (Å²) in [6.45, 7) is 5.29. The minimum absolute atomic E-state index is 0.261. The zero-order valence-electron chi connectivity index (χ0n) is 17.1. The number of hydrogen-bond acceptors (Lipinski definition) is 3. The van der Waals surface area contributed by atoms with Crippen molar-refractivity contribution in [1.82, 2.24) is 9.88 Å². The van der Waals surface area contributed by atoms with E-state index in [1.807, 2.05) is 61.5 Å². The van der Waals surface area contributed by atoms with E-state index in [1.165, 1.54) is 4.90 Å². The van der Waals surface area contributed by atoms with Gasteiger partial charge in [-0.05, 0) is 31.0 Å². The number of para-hydroxylation sites is 1. The van der Waals surface area contributed by atoms with Crippen LogP contribution < -0.4 is 4.74 Å². The molecule has 0 aliphatic rings. The summed E-state index contributed by atoms with van der Waals surface area (Å²) in [4.78, 5) is 17.9. The van der Waals surface area contributed by atoms with Crippen molar-refractivity contribution in [3.8, 4) is 5.75 Å². The molecular weight excluding hydrogens is 364 g/mol. The molecule has 0 aliphatic heterocycles. The fraction of sp³-hybridized carbons (Fsp3) is 0.333. The molecule has 1 heterocycles. The molecule has 29 heavy (non-hydrogen) atoms. The highest BCUT2D eigenvalue weighted by Gasteiger charge is 2.18. The first-order valence-corrected chi connectivity index (χ1v) is 10.1. The van der Waals surface area contributed by atoms with E-state index in [4.69, 9.17) is 9.72 Å². The summed E-state index contributed by atoms with van der Waals surface area (Å²) in [5.41, 5.74) is 3.53. The zero-order valence-corrected chi connectivity index (χ0v) is 17.1. The molecule has 152 valence electrons. The summed E-state index contributed by atoms with van der Waals surface area (Å²) >= 11 is 0. The predicted octanol–water partition coefficient (Wildman–Crippen LogP) is 5.79. The number of aromatic nitrogens is 1. The minimum Gasteiger partial charge on any atom is -0.488 e. The summed E-state index contributed by atoms with van der Waals surface area (Å²) in [5.74, 6) is 0.772. The summed E-state index contributed by atoms with van der Waals surface area (Å²) in [6, 6.07) is 17.8. The van der Waals surface area contributed by atoms with Crippen LogP contribution in [0.1, 0.15) is 43.0 Å². The average molecular weight is 392 g/mol. The van der Waals surface area contributed by atoms with Crippen LogP contribution in [-0.4, -0.2) is 27.6 Å². The summed E-state index contributed by atoms with van der Waals surface area (Å²) in [7, 11) is 0. The molecule has 0 spiro atoms. The highest BCUT2D eigenvalue weighted by Crippen LogP contribution is 2.31. The van der Waals surface area contributed by atoms with Gasteiger partial charge in [0.2, 0.25) is 0 Å². The number of ether oxygens (including phenoxy) is 1. The van der Waals surface area contributed by atoms with Crippen molar-refractivity contribution in [3.63, 3.8) is 0 Å². The van der Waals surface area contributed by atoms with Crippen LogP contribution in [0.2, 0.25) is 0 Å². The Morgan fingerprint density at radius 3 is 2.52 bits per heavy atom. The van der Waals surface area contributed by atoms with E-state index < -0.39 is 6.09 Å². The van der Waals surface area contributed by atoms with Crippen molar-refractivity contribution in [2.24, 2.45) is 0 Å².